The van der Waals surface area contributed by atoms with Gasteiger partial charge in [-0.1, -0.05) is 6.08 Å². The van der Waals surface area contributed by atoms with Gasteiger partial charge in [0.2, 0.25) is 0 Å². The Bertz CT molecular complexity index is 529. The first-order chi connectivity index (χ1) is 8.59. The lowest BCUT2D eigenvalue weighted by molar-refractivity contribution is 0.0681. The topological polar surface area (TPSA) is 74.6 Å². The zero-order valence-electron chi connectivity index (χ0n) is 9.85. The normalized spacial score (nSPS) is 15.0. The van der Waals surface area contributed by atoms with Crippen LogP contribution in [0.3, 0.4) is 0 Å². The highest BCUT2D eigenvalue weighted by molar-refractivity contribution is 5.97. The number of carboxylic acids is 2. The van der Waals surface area contributed by atoms with E-state index in [2.05, 4.69) is 0 Å². The molecule has 1 aromatic rings. The second-order valence-corrected chi connectivity index (χ2v) is 4.35. The summed E-state index contributed by atoms with van der Waals surface area (Å²) in [6.45, 7) is 0. The molecule has 1 aliphatic carbocycles. The van der Waals surface area contributed by atoms with Crippen molar-refractivity contribution in [1.82, 2.24) is 0 Å². The number of hydrogen-bond acceptors (Lipinski definition) is 2. The van der Waals surface area contributed by atoms with Crippen LogP contribution in [-0.2, 0) is 0 Å². The average molecular weight is 246 g/mol. The molecule has 1 aromatic carbocycles. The fraction of sp³-hybridized carbons (Fsp3) is 0.286. The van der Waals surface area contributed by atoms with Gasteiger partial charge in [0.1, 0.15) is 0 Å². The molecule has 4 nitrogen and oxygen atoms in total. The molecule has 0 saturated carbocycles. The number of aromatic carboxylic acids is 2. The molecule has 1 aliphatic rings. The Morgan fingerprint density at radius 3 is 2.39 bits per heavy atom. The molecule has 0 spiro atoms. The summed E-state index contributed by atoms with van der Waals surface area (Å²) < 4.78 is 0. The molecule has 2 rings (SSSR count). The van der Waals surface area contributed by atoms with Crippen LogP contribution >= 0.6 is 0 Å². The quantitative estimate of drug-likeness (QED) is 0.859. The highest BCUT2D eigenvalue weighted by Gasteiger charge is 2.17. The molecule has 4 heteroatoms. The van der Waals surface area contributed by atoms with Gasteiger partial charge in [-0.3, -0.25) is 0 Å². The van der Waals surface area contributed by atoms with Gasteiger partial charge in [-0.15, -0.1) is 0 Å². The first-order valence-electron chi connectivity index (χ1n) is 5.89. The first-order valence-corrected chi connectivity index (χ1v) is 5.89. The summed E-state index contributed by atoms with van der Waals surface area (Å²) in [5.41, 5.74) is 1.79. The van der Waals surface area contributed by atoms with Crippen molar-refractivity contribution < 1.29 is 19.8 Å². The Morgan fingerprint density at radius 2 is 1.83 bits per heavy atom. The van der Waals surface area contributed by atoms with E-state index in [1.807, 2.05) is 6.08 Å². The molecule has 0 atom stereocenters. The smallest absolute Gasteiger partial charge is 0.336 e. The first kappa shape index (κ1) is 12.4. The number of hydrogen-bond donors (Lipinski definition) is 2. The minimum atomic E-state index is -1.04. The van der Waals surface area contributed by atoms with Crippen molar-refractivity contribution in [1.29, 1.82) is 0 Å². The number of carbonyl (C=O) groups is 2. The molecule has 0 radical (unpaired) electrons. The van der Waals surface area contributed by atoms with Crippen LogP contribution in [0.2, 0.25) is 0 Å². The van der Waals surface area contributed by atoms with Crippen LogP contribution in [0.4, 0.5) is 0 Å². The van der Waals surface area contributed by atoms with E-state index in [0.717, 1.165) is 31.3 Å². The molecule has 18 heavy (non-hydrogen) atoms. The molecule has 0 saturated heterocycles. The monoisotopic (exact) mass is 246 g/mol. The third kappa shape index (κ3) is 2.42. The largest absolute Gasteiger partial charge is 0.478 e. The number of rotatable bonds is 3. The van der Waals surface area contributed by atoms with Crippen molar-refractivity contribution >= 4 is 17.5 Å². The molecule has 2 N–H and O–H groups in total. The van der Waals surface area contributed by atoms with Gasteiger partial charge in [-0.25, -0.2) is 9.59 Å². The molecule has 0 amide bonds. The maximum atomic E-state index is 11.2. The molecule has 0 heterocycles. The van der Waals surface area contributed by atoms with Crippen molar-refractivity contribution in [2.24, 2.45) is 0 Å². The molecule has 0 fully saturated rings. The third-order valence-corrected chi connectivity index (χ3v) is 3.13. The molecular formula is C14H14O4. The van der Waals surface area contributed by atoms with Crippen LogP contribution in [0.15, 0.2) is 24.3 Å². The van der Waals surface area contributed by atoms with Gasteiger partial charge in [-0.05, 0) is 55.0 Å². The summed E-state index contributed by atoms with van der Waals surface area (Å²) >= 11 is 0. The summed E-state index contributed by atoms with van der Waals surface area (Å²) in [6.07, 6.45) is 5.86. The fourth-order valence-electron chi connectivity index (χ4n) is 2.21. The summed E-state index contributed by atoms with van der Waals surface area (Å²) in [5.74, 6) is -2.06. The maximum Gasteiger partial charge on any atom is 0.336 e. The summed E-state index contributed by atoms with van der Waals surface area (Å²) in [7, 11) is 0. The fourth-order valence-corrected chi connectivity index (χ4v) is 2.21. The van der Waals surface area contributed by atoms with E-state index < -0.39 is 11.9 Å². The molecule has 0 unspecified atom stereocenters. The molecule has 0 aliphatic heterocycles. The van der Waals surface area contributed by atoms with Crippen LogP contribution in [0.5, 0.6) is 0 Å². The Balaban J connectivity index is 2.53. The highest BCUT2D eigenvalue weighted by atomic mass is 16.4. The summed E-state index contributed by atoms with van der Waals surface area (Å²) in [5, 5.41) is 18.1. The van der Waals surface area contributed by atoms with Crippen LogP contribution < -0.4 is 0 Å². The maximum absolute atomic E-state index is 11.2. The van der Waals surface area contributed by atoms with Gasteiger partial charge in [0, 0.05) is 0 Å². The molecule has 0 aromatic heterocycles. The van der Waals surface area contributed by atoms with Crippen molar-refractivity contribution in [3.63, 3.8) is 0 Å². The number of benzene rings is 1. The minimum absolute atomic E-state index is 0.126. The number of allylic oxidation sites excluding steroid dienone is 2. The Hall–Kier alpha value is -2.10. The van der Waals surface area contributed by atoms with Gasteiger partial charge >= 0.3 is 11.9 Å². The van der Waals surface area contributed by atoms with Crippen molar-refractivity contribution in [2.75, 3.05) is 0 Å². The van der Waals surface area contributed by atoms with Crippen LogP contribution in [-0.4, -0.2) is 22.2 Å². The van der Waals surface area contributed by atoms with E-state index >= 15 is 0 Å². The zero-order valence-corrected chi connectivity index (χ0v) is 9.85. The lowest BCUT2D eigenvalue weighted by atomic mass is 9.89. The summed E-state index contributed by atoms with van der Waals surface area (Å²) in [4.78, 5) is 22.1. The van der Waals surface area contributed by atoms with Crippen LogP contribution in [0.1, 0.15) is 52.0 Å². The summed E-state index contributed by atoms with van der Waals surface area (Å²) in [6, 6.07) is 4.16. The van der Waals surface area contributed by atoms with Crippen LogP contribution in [0, 0.1) is 0 Å². The van der Waals surface area contributed by atoms with Gasteiger partial charge in [-0.2, -0.15) is 0 Å². The number of carboxylic acid groups (broad SMARTS) is 2. The Labute approximate surface area is 105 Å². The second-order valence-electron chi connectivity index (χ2n) is 4.35. The second kappa shape index (κ2) is 5.04. The van der Waals surface area contributed by atoms with E-state index in [4.69, 9.17) is 10.2 Å². The SMILES string of the molecule is O=C(O)c1ccc(C(=O)O)c(C2=CCCCC2)c1. The van der Waals surface area contributed by atoms with Crippen LogP contribution in [0.25, 0.3) is 5.57 Å². The highest BCUT2D eigenvalue weighted by Crippen LogP contribution is 2.29. The van der Waals surface area contributed by atoms with E-state index in [1.165, 1.54) is 18.2 Å². The van der Waals surface area contributed by atoms with E-state index in [0.29, 0.717) is 5.56 Å². The third-order valence-electron chi connectivity index (χ3n) is 3.13. The van der Waals surface area contributed by atoms with Crippen molar-refractivity contribution in [3.8, 4) is 0 Å². The Kier molecular flexibility index (Phi) is 3.46. The lowest BCUT2D eigenvalue weighted by Crippen LogP contribution is -2.06. The molecule has 94 valence electrons. The van der Waals surface area contributed by atoms with Gasteiger partial charge < -0.3 is 10.2 Å². The van der Waals surface area contributed by atoms with Gasteiger partial charge in [0.15, 0.2) is 0 Å². The standard InChI is InChI=1S/C14H14O4/c15-13(16)10-6-7-11(14(17)18)12(8-10)9-4-2-1-3-5-9/h4,6-8H,1-3,5H2,(H,15,16)(H,17,18). The van der Waals surface area contributed by atoms with Crippen molar-refractivity contribution in [3.05, 3.63) is 41.0 Å². The molecule has 0 bridgehead atoms. The predicted octanol–water partition coefficient (Wildman–Crippen LogP) is 3.04. The van der Waals surface area contributed by atoms with E-state index in [-0.39, 0.29) is 11.1 Å². The average Bonchev–Trinajstić information content (AvgIpc) is 2.39. The van der Waals surface area contributed by atoms with Gasteiger partial charge in [0.05, 0.1) is 11.1 Å². The lowest BCUT2D eigenvalue weighted by Gasteiger charge is -2.15. The minimum Gasteiger partial charge on any atom is -0.478 e. The van der Waals surface area contributed by atoms with Gasteiger partial charge in [0.25, 0.3) is 0 Å². The van der Waals surface area contributed by atoms with Crippen molar-refractivity contribution in [2.45, 2.75) is 25.7 Å². The van der Waals surface area contributed by atoms with E-state index in [1.54, 1.807) is 0 Å². The Morgan fingerprint density at radius 1 is 1.06 bits per heavy atom. The molecular weight excluding hydrogens is 232 g/mol. The predicted molar refractivity (Wildman–Crippen MR) is 66.8 cm³/mol. The zero-order chi connectivity index (χ0) is 13.1. The van der Waals surface area contributed by atoms with E-state index in [9.17, 15) is 9.59 Å².